The van der Waals surface area contributed by atoms with Crippen molar-refractivity contribution in [3.63, 3.8) is 0 Å². The Bertz CT molecular complexity index is 510. The van der Waals surface area contributed by atoms with Gasteiger partial charge in [0.05, 0.1) is 6.61 Å². The summed E-state index contributed by atoms with van der Waals surface area (Å²) in [5.41, 5.74) is 0.0130. The van der Waals surface area contributed by atoms with Crippen LogP contribution in [0.3, 0.4) is 0 Å². The van der Waals surface area contributed by atoms with Gasteiger partial charge < -0.3 is 14.5 Å². The fourth-order valence-electron chi connectivity index (χ4n) is 3.77. The minimum absolute atomic E-state index is 0.0130. The van der Waals surface area contributed by atoms with Gasteiger partial charge in [-0.15, -0.1) is 0 Å². The zero-order valence-electron chi connectivity index (χ0n) is 13.2. The van der Waals surface area contributed by atoms with Crippen LogP contribution in [-0.4, -0.2) is 59.7 Å². The van der Waals surface area contributed by atoms with Crippen molar-refractivity contribution in [2.45, 2.75) is 37.6 Å². The zero-order valence-corrected chi connectivity index (χ0v) is 13.2. The molecule has 1 amide bonds. The maximum absolute atomic E-state index is 12.2. The van der Waals surface area contributed by atoms with Crippen molar-refractivity contribution in [1.29, 1.82) is 0 Å². The van der Waals surface area contributed by atoms with Gasteiger partial charge in [0.15, 0.2) is 0 Å². The summed E-state index contributed by atoms with van der Waals surface area (Å²) in [5.74, 6) is 1.08. The van der Waals surface area contributed by atoms with Gasteiger partial charge in [-0.3, -0.25) is 4.79 Å². The molecule has 0 aromatic carbocycles. The van der Waals surface area contributed by atoms with Crippen molar-refractivity contribution in [3.05, 3.63) is 18.5 Å². The summed E-state index contributed by atoms with van der Waals surface area (Å²) in [6.45, 7) is 3.18. The van der Waals surface area contributed by atoms with E-state index in [-0.39, 0.29) is 11.4 Å². The Morgan fingerprint density at radius 2 is 2.05 bits per heavy atom. The fourth-order valence-corrected chi connectivity index (χ4v) is 3.77. The third kappa shape index (κ3) is 2.92. The van der Waals surface area contributed by atoms with Crippen LogP contribution in [0.4, 0.5) is 5.95 Å². The number of methoxy groups -OCH3 is 1. The standard InChI is InChI=1S/C16H24N4O2/c1-22-13-12-20-14(21)4-6-16(20)5-2-10-19(11-7-16)15-17-8-3-9-18-15/h3,8-9H,2,4-7,10-13H2,1H3. The molecule has 0 aliphatic carbocycles. The third-order valence-corrected chi connectivity index (χ3v) is 4.95. The van der Waals surface area contributed by atoms with Crippen molar-refractivity contribution in [1.82, 2.24) is 14.9 Å². The molecule has 120 valence electrons. The van der Waals surface area contributed by atoms with Gasteiger partial charge in [0.1, 0.15) is 0 Å². The Hall–Kier alpha value is -1.69. The lowest BCUT2D eigenvalue weighted by Gasteiger charge is -2.38. The molecule has 2 aliphatic rings. The van der Waals surface area contributed by atoms with Crippen LogP contribution in [0, 0.1) is 0 Å². The first kappa shape index (κ1) is 15.2. The van der Waals surface area contributed by atoms with E-state index in [1.807, 2.05) is 6.07 Å². The van der Waals surface area contributed by atoms with E-state index in [9.17, 15) is 4.79 Å². The van der Waals surface area contributed by atoms with Crippen LogP contribution in [-0.2, 0) is 9.53 Å². The second-order valence-corrected chi connectivity index (χ2v) is 6.15. The van der Waals surface area contributed by atoms with E-state index in [2.05, 4.69) is 19.8 Å². The lowest BCUT2D eigenvalue weighted by molar-refractivity contribution is -0.132. The van der Waals surface area contributed by atoms with Crippen LogP contribution in [0.5, 0.6) is 0 Å². The molecule has 0 N–H and O–H groups in total. The Kier molecular flexibility index (Phi) is 4.57. The quantitative estimate of drug-likeness (QED) is 0.843. The van der Waals surface area contributed by atoms with Crippen LogP contribution in [0.15, 0.2) is 18.5 Å². The number of amides is 1. The number of carbonyl (C=O) groups is 1. The van der Waals surface area contributed by atoms with Crippen molar-refractivity contribution in [3.8, 4) is 0 Å². The maximum atomic E-state index is 12.2. The molecule has 0 bridgehead atoms. The van der Waals surface area contributed by atoms with E-state index in [4.69, 9.17) is 4.74 Å². The Morgan fingerprint density at radius 1 is 1.23 bits per heavy atom. The molecule has 1 unspecified atom stereocenters. The lowest BCUT2D eigenvalue weighted by atomic mass is 9.88. The molecule has 1 atom stereocenters. The first-order valence-electron chi connectivity index (χ1n) is 8.07. The molecule has 3 rings (SSSR count). The summed E-state index contributed by atoms with van der Waals surface area (Å²) in [6.07, 6.45) is 8.33. The lowest BCUT2D eigenvalue weighted by Crippen LogP contribution is -2.47. The van der Waals surface area contributed by atoms with Crippen molar-refractivity contribution >= 4 is 11.9 Å². The Balaban J connectivity index is 1.72. The minimum atomic E-state index is 0.0130. The van der Waals surface area contributed by atoms with Gasteiger partial charge in [0.2, 0.25) is 11.9 Å². The average molecular weight is 304 g/mol. The molecule has 3 heterocycles. The molecule has 6 nitrogen and oxygen atoms in total. The SMILES string of the molecule is COCCN1C(=O)CCC12CCCN(c1ncccn1)CC2. The van der Waals surface area contributed by atoms with Crippen LogP contribution in [0.25, 0.3) is 0 Å². The number of anilines is 1. The molecular weight excluding hydrogens is 280 g/mol. The number of hydrogen-bond acceptors (Lipinski definition) is 5. The van der Waals surface area contributed by atoms with Gasteiger partial charge in [0, 0.05) is 51.1 Å². The van der Waals surface area contributed by atoms with Gasteiger partial charge in [0.25, 0.3) is 0 Å². The molecule has 2 fully saturated rings. The van der Waals surface area contributed by atoms with E-state index >= 15 is 0 Å². The number of ether oxygens (including phenoxy) is 1. The monoisotopic (exact) mass is 304 g/mol. The first-order valence-corrected chi connectivity index (χ1v) is 8.07. The topological polar surface area (TPSA) is 58.6 Å². The predicted octanol–water partition coefficient (Wildman–Crippen LogP) is 1.47. The Labute approximate surface area is 131 Å². The van der Waals surface area contributed by atoms with E-state index < -0.39 is 0 Å². The predicted molar refractivity (Wildman–Crippen MR) is 83.7 cm³/mol. The van der Waals surface area contributed by atoms with Gasteiger partial charge >= 0.3 is 0 Å². The smallest absolute Gasteiger partial charge is 0.225 e. The van der Waals surface area contributed by atoms with Gasteiger partial charge in [-0.1, -0.05) is 0 Å². The molecule has 0 radical (unpaired) electrons. The van der Waals surface area contributed by atoms with Crippen LogP contribution < -0.4 is 4.90 Å². The fraction of sp³-hybridized carbons (Fsp3) is 0.688. The summed E-state index contributed by atoms with van der Waals surface area (Å²) >= 11 is 0. The summed E-state index contributed by atoms with van der Waals surface area (Å²) in [6, 6.07) is 1.84. The molecule has 2 aliphatic heterocycles. The van der Waals surface area contributed by atoms with E-state index in [1.54, 1.807) is 19.5 Å². The molecule has 1 aromatic heterocycles. The second-order valence-electron chi connectivity index (χ2n) is 6.15. The number of hydrogen-bond donors (Lipinski definition) is 0. The number of likely N-dealkylation sites (tertiary alicyclic amines) is 1. The summed E-state index contributed by atoms with van der Waals surface area (Å²) in [5, 5.41) is 0. The highest BCUT2D eigenvalue weighted by Crippen LogP contribution is 2.39. The van der Waals surface area contributed by atoms with E-state index in [1.165, 1.54) is 0 Å². The molecule has 1 aromatic rings. The molecular formula is C16H24N4O2. The number of nitrogens with zero attached hydrogens (tertiary/aromatic N) is 4. The third-order valence-electron chi connectivity index (χ3n) is 4.95. The molecule has 2 saturated heterocycles. The van der Waals surface area contributed by atoms with Crippen LogP contribution >= 0.6 is 0 Å². The van der Waals surface area contributed by atoms with Crippen molar-refractivity contribution in [2.24, 2.45) is 0 Å². The molecule has 6 heteroatoms. The Morgan fingerprint density at radius 3 is 2.82 bits per heavy atom. The number of rotatable bonds is 4. The van der Waals surface area contributed by atoms with Crippen molar-refractivity contribution < 1.29 is 9.53 Å². The number of aromatic nitrogens is 2. The average Bonchev–Trinajstić information content (AvgIpc) is 2.73. The molecule has 0 saturated carbocycles. The first-order chi connectivity index (χ1) is 10.7. The van der Waals surface area contributed by atoms with Gasteiger partial charge in [-0.05, 0) is 31.7 Å². The van der Waals surface area contributed by atoms with E-state index in [0.717, 1.165) is 44.7 Å². The number of carbonyl (C=O) groups excluding carboxylic acids is 1. The van der Waals surface area contributed by atoms with Gasteiger partial charge in [-0.2, -0.15) is 0 Å². The summed E-state index contributed by atoms with van der Waals surface area (Å²) < 4.78 is 5.18. The van der Waals surface area contributed by atoms with Gasteiger partial charge in [-0.25, -0.2) is 9.97 Å². The minimum Gasteiger partial charge on any atom is -0.383 e. The summed E-state index contributed by atoms with van der Waals surface area (Å²) in [7, 11) is 1.69. The largest absolute Gasteiger partial charge is 0.383 e. The van der Waals surface area contributed by atoms with Crippen LogP contribution in [0.2, 0.25) is 0 Å². The highest BCUT2D eigenvalue weighted by Gasteiger charge is 2.45. The second kappa shape index (κ2) is 6.60. The molecule has 22 heavy (non-hydrogen) atoms. The highest BCUT2D eigenvalue weighted by molar-refractivity contribution is 5.79. The normalized spacial score (nSPS) is 25.8. The molecule has 1 spiro atoms. The highest BCUT2D eigenvalue weighted by atomic mass is 16.5. The maximum Gasteiger partial charge on any atom is 0.225 e. The van der Waals surface area contributed by atoms with Crippen LogP contribution in [0.1, 0.15) is 32.1 Å². The summed E-state index contributed by atoms with van der Waals surface area (Å²) in [4.78, 5) is 25.3. The zero-order chi connectivity index (χ0) is 15.4. The van der Waals surface area contributed by atoms with E-state index in [0.29, 0.717) is 19.6 Å². The van der Waals surface area contributed by atoms with Crippen molar-refractivity contribution in [2.75, 3.05) is 38.3 Å².